The lowest BCUT2D eigenvalue weighted by Crippen LogP contribution is -2.45. The predicted molar refractivity (Wildman–Crippen MR) is 56.4 cm³/mol. The molecule has 0 aromatic rings. The summed E-state index contributed by atoms with van der Waals surface area (Å²) in [6.45, 7) is 0. The Hall–Kier alpha value is 0.194. The van der Waals surface area contributed by atoms with E-state index in [2.05, 4.69) is 8.85 Å². The van der Waals surface area contributed by atoms with Gasteiger partial charge in [-0.2, -0.15) is 0 Å². The van der Waals surface area contributed by atoms with E-state index in [1.54, 1.807) is 14.2 Å². The van der Waals surface area contributed by atoms with E-state index in [9.17, 15) is 0 Å². The molecule has 14 heavy (non-hydrogen) atoms. The first-order valence-electron chi connectivity index (χ1n) is 3.84. The van der Waals surface area contributed by atoms with Gasteiger partial charge in [0.05, 0.1) is 0 Å². The van der Waals surface area contributed by atoms with Crippen molar-refractivity contribution < 1.29 is 26.6 Å². The maximum atomic E-state index is 4.86. The van der Waals surface area contributed by atoms with E-state index in [1.807, 2.05) is 0 Å². The zero-order valence-electron chi connectivity index (χ0n) is 9.66. The van der Waals surface area contributed by atoms with Crippen LogP contribution in [0.1, 0.15) is 0 Å². The highest BCUT2D eigenvalue weighted by atomic mass is 28.4. The first-order valence-corrected chi connectivity index (χ1v) is 6.63. The van der Waals surface area contributed by atoms with Gasteiger partial charge in [0.25, 0.3) is 0 Å². The average Bonchev–Trinajstić information content (AvgIpc) is 2.24. The van der Waals surface area contributed by atoms with Gasteiger partial charge in [-0.1, -0.05) is 0 Å². The van der Waals surface area contributed by atoms with Gasteiger partial charge in [-0.3, -0.25) is 0 Å². The van der Waals surface area contributed by atoms with Crippen LogP contribution in [0.3, 0.4) is 0 Å². The van der Waals surface area contributed by atoms with Crippen LogP contribution in [0, 0.1) is 0 Å². The molecule has 6 nitrogen and oxygen atoms in total. The molecule has 0 spiro atoms. The Labute approximate surface area is 88.9 Å². The minimum atomic E-state index is -2.69. The van der Waals surface area contributed by atoms with Crippen LogP contribution in [0.2, 0.25) is 0 Å². The second kappa shape index (κ2) is 11.3. The average molecular weight is 244 g/mol. The van der Waals surface area contributed by atoms with E-state index in [1.165, 1.54) is 28.4 Å². The molecule has 0 saturated heterocycles. The SMILES string of the molecule is CO[SiH2]OC.CO[Si](OC)(OC)OC. The molecule has 0 N–H and O–H groups in total. The molecule has 8 heteroatoms. The lowest BCUT2D eigenvalue weighted by molar-refractivity contribution is 0.0226. The van der Waals surface area contributed by atoms with Gasteiger partial charge in [0.2, 0.25) is 0 Å². The van der Waals surface area contributed by atoms with E-state index in [0.29, 0.717) is 0 Å². The topological polar surface area (TPSA) is 55.4 Å². The van der Waals surface area contributed by atoms with Crippen LogP contribution in [0.5, 0.6) is 0 Å². The van der Waals surface area contributed by atoms with Crippen LogP contribution < -0.4 is 0 Å². The number of hydrogen-bond donors (Lipinski definition) is 0. The fraction of sp³-hybridized carbons (Fsp3) is 1.00. The fourth-order valence-electron chi connectivity index (χ4n) is 0.618. The fourth-order valence-corrected chi connectivity index (χ4v) is 1.85. The number of hydrogen-bond acceptors (Lipinski definition) is 6. The van der Waals surface area contributed by atoms with Gasteiger partial charge in [-0.15, -0.1) is 0 Å². The van der Waals surface area contributed by atoms with Crippen molar-refractivity contribution in [2.45, 2.75) is 0 Å². The minimum absolute atomic E-state index is 0.568. The Kier molecular flexibility index (Phi) is 13.4. The van der Waals surface area contributed by atoms with Crippen LogP contribution in [0.25, 0.3) is 0 Å². The van der Waals surface area contributed by atoms with Crippen LogP contribution in [-0.2, 0) is 26.6 Å². The Bertz CT molecular complexity index is 91.0. The van der Waals surface area contributed by atoms with Gasteiger partial charge in [-0.05, 0) is 0 Å². The molecule has 0 aliphatic carbocycles. The van der Waals surface area contributed by atoms with E-state index in [-0.39, 0.29) is 0 Å². The quantitative estimate of drug-likeness (QED) is 0.575. The smallest absolute Gasteiger partial charge is 0.402 e. The third-order valence-corrected chi connectivity index (χ3v) is 3.71. The normalized spacial score (nSPS) is 10.7. The minimum Gasteiger partial charge on any atom is -0.402 e. The highest BCUT2D eigenvalue weighted by Crippen LogP contribution is 2.04. The predicted octanol–water partition coefficient (Wildman–Crippen LogP) is -0.714. The number of rotatable bonds is 6. The van der Waals surface area contributed by atoms with Crippen molar-refractivity contribution in [3.8, 4) is 0 Å². The van der Waals surface area contributed by atoms with Crippen LogP contribution in [0.4, 0.5) is 0 Å². The largest absolute Gasteiger partial charge is 0.678 e. The summed E-state index contributed by atoms with van der Waals surface area (Å²) in [7, 11) is 5.99. The standard InChI is InChI=1S/C4H12O4Si.C2H8O2Si/c1-5-9(6-2,7-3)8-4;1-3-5-4-2/h1-4H3;5H2,1-2H3. The van der Waals surface area contributed by atoms with Gasteiger partial charge >= 0.3 is 19.1 Å². The summed E-state index contributed by atoms with van der Waals surface area (Å²) in [5.41, 5.74) is 0. The molecule has 0 heterocycles. The van der Waals surface area contributed by atoms with Crippen LogP contribution in [-0.4, -0.2) is 61.7 Å². The van der Waals surface area contributed by atoms with Crippen LogP contribution >= 0.6 is 0 Å². The Balaban J connectivity index is 0. The van der Waals surface area contributed by atoms with Crippen molar-refractivity contribution in [1.29, 1.82) is 0 Å². The zero-order valence-corrected chi connectivity index (χ0v) is 12.1. The lowest BCUT2D eigenvalue weighted by atomic mass is 11.8. The third kappa shape index (κ3) is 7.58. The molecule has 0 unspecified atom stereocenters. The summed E-state index contributed by atoms with van der Waals surface area (Å²) in [6, 6.07) is 0. The molecule has 0 aromatic carbocycles. The Morgan fingerprint density at radius 1 is 0.643 bits per heavy atom. The maximum absolute atomic E-state index is 4.86. The van der Waals surface area contributed by atoms with Crippen molar-refractivity contribution in [2.75, 3.05) is 42.7 Å². The molecule has 0 radical (unpaired) electrons. The first-order chi connectivity index (χ1) is 6.66. The van der Waals surface area contributed by atoms with E-state index >= 15 is 0 Å². The molecular formula is C6H20O6Si2. The summed E-state index contributed by atoms with van der Waals surface area (Å²) in [5.74, 6) is 0. The third-order valence-electron chi connectivity index (χ3n) is 1.24. The van der Waals surface area contributed by atoms with Gasteiger partial charge in [0.1, 0.15) is 0 Å². The highest BCUT2D eigenvalue weighted by molar-refractivity contribution is 6.53. The molecule has 0 saturated carbocycles. The van der Waals surface area contributed by atoms with E-state index < -0.39 is 19.1 Å². The van der Waals surface area contributed by atoms with Crippen molar-refractivity contribution in [1.82, 2.24) is 0 Å². The van der Waals surface area contributed by atoms with E-state index in [0.717, 1.165) is 0 Å². The van der Waals surface area contributed by atoms with Gasteiger partial charge in [0, 0.05) is 42.7 Å². The lowest BCUT2D eigenvalue weighted by Gasteiger charge is -2.19. The molecule has 0 aliphatic heterocycles. The van der Waals surface area contributed by atoms with Gasteiger partial charge < -0.3 is 26.6 Å². The summed E-state index contributed by atoms with van der Waals surface area (Å²) < 4.78 is 28.6. The molecular weight excluding hydrogens is 224 g/mol. The molecule has 0 fully saturated rings. The maximum Gasteiger partial charge on any atom is 0.678 e. The zero-order chi connectivity index (χ0) is 11.4. The molecule has 0 bridgehead atoms. The Morgan fingerprint density at radius 2 is 0.929 bits per heavy atom. The van der Waals surface area contributed by atoms with Gasteiger partial charge in [0.15, 0.2) is 0 Å². The molecule has 0 amide bonds. The van der Waals surface area contributed by atoms with Crippen molar-refractivity contribution >= 4 is 19.1 Å². The van der Waals surface area contributed by atoms with Crippen LogP contribution in [0.15, 0.2) is 0 Å². The molecule has 0 atom stereocenters. The summed E-state index contributed by atoms with van der Waals surface area (Å²) >= 11 is 0. The molecule has 0 aromatic heterocycles. The van der Waals surface area contributed by atoms with Crippen molar-refractivity contribution in [3.05, 3.63) is 0 Å². The second-order valence-corrected chi connectivity index (χ2v) is 6.04. The first kappa shape index (κ1) is 16.6. The highest BCUT2D eigenvalue weighted by Gasteiger charge is 2.40. The summed E-state index contributed by atoms with van der Waals surface area (Å²) in [6.07, 6.45) is 0. The molecule has 88 valence electrons. The van der Waals surface area contributed by atoms with E-state index in [4.69, 9.17) is 17.7 Å². The second-order valence-electron chi connectivity index (χ2n) is 2.01. The van der Waals surface area contributed by atoms with Crippen molar-refractivity contribution in [3.63, 3.8) is 0 Å². The van der Waals surface area contributed by atoms with Gasteiger partial charge in [-0.25, -0.2) is 0 Å². The summed E-state index contributed by atoms with van der Waals surface area (Å²) in [5, 5.41) is 0. The van der Waals surface area contributed by atoms with Crippen molar-refractivity contribution in [2.24, 2.45) is 0 Å². The Morgan fingerprint density at radius 3 is 0.929 bits per heavy atom. The summed E-state index contributed by atoms with van der Waals surface area (Å²) in [4.78, 5) is 0. The molecule has 0 rings (SSSR count). The monoisotopic (exact) mass is 244 g/mol. The molecule has 0 aliphatic rings.